The van der Waals surface area contributed by atoms with E-state index in [1.54, 1.807) is 0 Å². The molecule has 1 aromatic heterocycles. The molecule has 3 rings (SSSR count). The van der Waals surface area contributed by atoms with Gasteiger partial charge in [-0.1, -0.05) is 30.3 Å². The SMILES string of the molecule is O=c1[nH]c(-c2ccccc2)nc(C2CC2)c1Br. The van der Waals surface area contributed by atoms with Crippen molar-refractivity contribution in [1.29, 1.82) is 0 Å². The van der Waals surface area contributed by atoms with Crippen LogP contribution < -0.4 is 5.56 Å². The van der Waals surface area contributed by atoms with E-state index in [0.717, 1.165) is 24.1 Å². The van der Waals surface area contributed by atoms with Gasteiger partial charge in [0.15, 0.2) is 0 Å². The molecule has 17 heavy (non-hydrogen) atoms. The highest BCUT2D eigenvalue weighted by Gasteiger charge is 2.28. The Kier molecular flexibility index (Phi) is 2.59. The molecule has 0 radical (unpaired) electrons. The quantitative estimate of drug-likeness (QED) is 0.924. The molecule has 0 spiro atoms. The van der Waals surface area contributed by atoms with Gasteiger partial charge in [0.25, 0.3) is 5.56 Å². The molecule has 1 N–H and O–H groups in total. The summed E-state index contributed by atoms with van der Waals surface area (Å²) in [6.07, 6.45) is 2.26. The number of hydrogen-bond acceptors (Lipinski definition) is 2. The summed E-state index contributed by atoms with van der Waals surface area (Å²) < 4.78 is 0.583. The summed E-state index contributed by atoms with van der Waals surface area (Å²) in [5, 5.41) is 0. The summed E-state index contributed by atoms with van der Waals surface area (Å²) in [7, 11) is 0. The molecular weight excluding hydrogens is 280 g/mol. The van der Waals surface area contributed by atoms with Gasteiger partial charge in [0, 0.05) is 11.5 Å². The predicted octanol–water partition coefficient (Wildman–Crippen LogP) is 3.08. The normalized spacial score (nSPS) is 14.9. The summed E-state index contributed by atoms with van der Waals surface area (Å²) in [5.74, 6) is 1.11. The smallest absolute Gasteiger partial charge is 0.265 e. The average Bonchev–Trinajstić information content (AvgIpc) is 3.18. The second-order valence-corrected chi connectivity index (χ2v) is 5.05. The van der Waals surface area contributed by atoms with E-state index in [9.17, 15) is 4.79 Å². The van der Waals surface area contributed by atoms with E-state index in [0.29, 0.717) is 16.2 Å². The molecule has 1 fully saturated rings. The van der Waals surface area contributed by atoms with Gasteiger partial charge in [-0.25, -0.2) is 4.98 Å². The van der Waals surface area contributed by atoms with Crippen LogP contribution in [0.4, 0.5) is 0 Å². The molecule has 0 amide bonds. The number of benzene rings is 1. The standard InChI is InChI=1S/C13H11BrN2O/c14-10-11(8-6-7-8)15-12(16-13(10)17)9-4-2-1-3-5-9/h1-5,8H,6-7H2,(H,15,16,17). The van der Waals surface area contributed by atoms with Gasteiger partial charge < -0.3 is 4.98 Å². The van der Waals surface area contributed by atoms with E-state index >= 15 is 0 Å². The molecule has 1 aromatic carbocycles. The van der Waals surface area contributed by atoms with E-state index in [-0.39, 0.29) is 5.56 Å². The zero-order valence-corrected chi connectivity index (χ0v) is 10.7. The van der Waals surface area contributed by atoms with Crippen LogP contribution in [0.25, 0.3) is 11.4 Å². The Labute approximate surface area is 107 Å². The second-order valence-electron chi connectivity index (χ2n) is 4.25. The average molecular weight is 291 g/mol. The second kappa shape index (κ2) is 4.11. The van der Waals surface area contributed by atoms with E-state index < -0.39 is 0 Å². The van der Waals surface area contributed by atoms with Crippen molar-refractivity contribution >= 4 is 15.9 Å². The third-order valence-electron chi connectivity index (χ3n) is 2.90. The van der Waals surface area contributed by atoms with Crippen LogP contribution in [-0.4, -0.2) is 9.97 Å². The maximum atomic E-state index is 11.8. The first-order valence-electron chi connectivity index (χ1n) is 5.61. The molecule has 0 aliphatic heterocycles. The molecule has 0 atom stereocenters. The topological polar surface area (TPSA) is 45.8 Å². The molecule has 86 valence electrons. The maximum Gasteiger partial charge on any atom is 0.265 e. The van der Waals surface area contributed by atoms with Crippen LogP contribution >= 0.6 is 15.9 Å². The van der Waals surface area contributed by atoms with Crippen LogP contribution in [0.3, 0.4) is 0 Å². The molecule has 4 heteroatoms. The van der Waals surface area contributed by atoms with Gasteiger partial charge in [-0.05, 0) is 28.8 Å². The van der Waals surface area contributed by atoms with Gasteiger partial charge in [-0.15, -0.1) is 0 Å². The fourth-order valence-electron chi connectivity index (χ4n) is 1.84. The molecule has 0 unspecified atom stereocenters. The largest absolute Gasteiger partial charge is 0.306 e. The van der Waals surface area contributed by atoms with Gasteiger partial charge in [0.1, 0.15) is 10.3 Å². The van der Waals surface area contributed by atoms with Gasteiger partial charge in [0.05, 0.1) is 5.69 Å². The van der Waals surface area contributed by atoms with Crippen molar-refractivity contribution in [2.45, 2.75) is 18.8 Å². The number of aromatic amines is 1. The van der Waals surface area contributed by atoms with Crippen molar-refractivity contribution in [3.8, 4) is 11.4 Å². The van der Waals surface area contributed by atoms with Gasteiger partial charge in [0.2, 0.25) is 0 Å². The van der Waals surface area contributed by atoms with E-state index in [1.807, 2.05) is 30.3 Å². The number of halogens is 1. The van der Waals surface area contributed by atoms with E-state index in [4.69, 9.17) is 0 Å². The third-order valence-corrected chi connectivity index (χ3v) is 3.67. The lowest BCUT2D eigenvalue weighted by molar-refractivity contribution is 0.960. The van der Waals surface area contributed by atoms with Crippen molar-refractivity contribution in [1.82, 2.24) is 9.97 Å². The Morgan fingerprint density at radius 1 is 1.24 bits per heavy atom. The van der Waals surface area contributed by atoms with Crippen molar-refractivity contribution in [3.05, 3.63) is 50.9 Å². The Balaban J connectivity index is 2.15. The van der Waals surface area contributed by atoms with Gasteiger partial charge in [-0.2, -0.15) is 0 Å². The summed E-state index contributed by atoms with van der Waals surface area (Å²) in [4.78, 5) is 19.2. The lowest BCUT2D eigenvalue weighted by Crippen LogP contribution is -2.13. The molecule has 1 saturated carbocycles. The minimum Gasteiger partial charge on any atom is -0.306 e. The third kappa shape index (κ3) is 2.05. The highest BCUT2D eigenvalue weighted by molar-refractivity contribution is 9.10. The number of nitrogens with one attached hydrogen (secondary N) is 1. The highest BCUT2D eigenvalue weighted by Crippen LogP contribution is 2.41. The molecule has 2 aromatic rings. The molecule has 3 nitrogen and oxygen atoms in total. The number of hydrogen-bond donors (Lipinski definition) is 1. The van der Waals surface area contributed by atoms with Crippen molar-refractivity contribution in [2.75, 3.05) is 0 Å². The minimum absolute atomic E-state index is 0.0965. The predicted molar refractivity (Wildman–Crippen MR) is 70.0 cm³/mol. The first-order chi connectivity index (χ1) is 8.25. The number of aromatic nitrogens is 2. The molecule has 0 bridgehead atoms. The van der Waals surface area contributed by atoms with Gasteiger partial charge in [-0.3, -0.25) is 4.79 Å². The zero-order valence-electron chi connectivity index (χ0n) is 9.11. The van der Waals surface area contributed by atoms with Crippen LogP contribution in [0, 0.1) is 0 Å². The van der Waals surface area contributed by atoms with Crippen LogP contribution in [0.15, 0.2) is 39.6 Å². The van der Waals surface area contributed by atoms with Crippen LogP contribution in [0.5, 0.6) is 0 Å². The Morgan fingerprint density at radius 2 is 1.94 bits per heavy atom. The Morgan fingerprint density at radius 3 is 2.59 bits per heavy atom. The number of nitrogens with zero attached hydrogens (tertiary/aromatic N) is 1. The fourth-order valence-corrected chi connectivity index (χ4v) is 2.35. The maximum absolute atomic E-state index is 11.8. The Bertz CT molecular complexity index is 603. The van der Waals surface area contributed by atoms with Crippen LogP contribution in [0.2, 0.25) is 0 Å². The zero-order chi connectivity index (χ0) is 11.8. The lowest BCUT2D eigenvalue weighted by atomic mass is 10.2. The molecule has 1 aliphatic rings. The minimum atomic E-state index is -0.0965. The number of rotatable bonds is 2. The molecule has 0 saturated heterocycles. The molecule has 1 aliphatic carbocycles. The first-order valence-corrected chi connectivity index (χ1v) is 6.40. The molecular formula is C13H11BrN2O. The van der Waals surface area contributed by atoms with Crippen molar-refractivity contribution < 1.29 is 0 Å². The summed E-state index contributed by atoms with van der Waals surface area (Å²) >= 11 is 3.32. The van der Waals surface area contributed by atoms with E-state index in [2.05, 4.69) is 25.9 Å². The highest BCUT2D eigenvalue weighted by atomic mass is 79.9. The summed E-state index contributed by atoms with van der Waals surface area (Å²) in [6, 6.07) is 9.72. The van der Waals surface area contributed by atoms with Crippen LogP contribution in [-0.2, 0) is 0 Å². The van der Waals surface area contributed by atoms with Gasteiger partial charge >= 0.3 is 0 Å². The summed E-state index contributed by atoms with van der Waals surface area (Å²) in [6.45, 7) is 0. The Hall–Kier alpha value is -1.42. The van der Waals surface area contributed by atoms with Crippen molar-refractivity contribution in [2.24, 2.45) is 0 Å². The van der Waals surface area contributed by atoms with Crippen LogP contribution in [0.1, 0.15) is 24.5 Å². The monoisotopic (exact) mass is 290 g/mol. The lowest BCUT2D eigenvalue weighted by Gasteiger charge is -2.05. The summed E-state index contributed by atoms with van der Waals surface area (Å²) in [5.41, 5.74) is 1.74. The first kappa shape index (κ1) is 10.7. The number of H-pyrrole nitrogens is 1. The van der Waals surface area contributed by atoms with Crippen molar-refractivity contribution in [3.63, 3.8) is 0 Å². The fraction of sp³-hybridized carbons (Fsp3) is 0.231. The molecule has 1 heterocycles. The van der Waals surface area contributed by atoms with E-state index in [1.165, 1.54) is 0 Å².